The third-order valence-electron chi connectivity index (χ3n) is 7.50. The van der Waals surface area contributed by atoms with Crippen LogP contribution >= 0.6 is 0 Å². The molecule has 4 rings (SSSR count). The molecule has 10 atom stereocenters. The lowest BCUT2D eigenvalue weighted by atomic mass is 9.77. The fourth-order valence-corrected chi connectivity index (χ4v) is 5.43. The first-order valence-corrected chi connectivity index (χ1v) is 12.2. The van der Waals surface area contributed by atoms with Crippen LogP contribution in [0.2, 0.25) is 0 Å². The van der Waals surface area contributed by atoms with Gasteiger partial charge in [0.2, 0.25) is 0 Å². The summed E-state index contributed by atoms with van der Waals surface area (Å²) >= 11 is 0. The average molecular weight is 459 g/mol. The van der Waals surface area contributed by atoms with E-state index in [1.165, 1.54) is 10.8 Å². The quantitative estimate of drug-likeness (QED) is 0.613. The van der Waals surface area contributed by atoms with Crippen molar-refractivity contribution in [1.82, 2.24) is 0 Å². The molecule has 0 aromatic heterocycles. The summed E-state index contributed by atoms with van der Waals surface area (Å²) in [6.45, 7) is 8.30. The van der Waals surface area contributed by atoms with Gasteiger partial charge in [0.25, 0.3) is 0 Å². The van der Waals surface area contributed by atoms with Gasteiger partial charge in [-0.15, -0.1) is 0 Å². The Labute approximate surface area is 196 Å². The van der Waals surface area contributed by atoms with E-state index in [4.69, 9.17) is 14.2 Å². The van der Waals surface area contributed by atoms with Gasteiger partial charge >= 0.3 is 0 Å². The number of hydrogen-bond donors (Lipinski definition) is 3. The third kappa shape index (κ3) is 5.11. The van der Waals surface area contributed by atoms with Crippen LogP contribution in [0.1, 0.15) is 46.1 Å². The highest BCUT2D eigenvalue weighted by atomic mass is 16.7. The van der Waals surface area contributed by atoms with E-state index in [-0.39, 0.29) is 17.9 Å². The van der Waals surface area contributed by atoms with Gasteiger partial charge in [-0.3, -0.25) is 0 Å². The van der Waals surface area contributed by atoms with Crippen molar-refractivity contribution in [3.8, 4) is 0 Å². The van der Waals surface area contributed by atoms with Crippen molar-refractivity contribution in [2.24, 2.45) is 17.8 Å². The largest absolute Gasteiger partial charge is 0.390 e. The van der Waals surface area contributed by atoms with Crippen LogP contribution in [-0.4, -0.2) is 58.2 Å². The zero-order valence-corrected chi connectivity index (χ0v) is 20.0. The minimum Gasteiger partial charge on any atom is -0.390 e. The van der Waals surface area contributed by atoms with Gasteiger partial charge in [-0.25, -0.2) is 0 Å². The maximum absolute atomic E-state index is 11.3. The van der Waals surface area contributed by atoms with Crippen LogP contribution in [-0.2, 0) is 20.8 Å². The van der Waals surface area contributed by atoms with Gasteiger partial charge in [0.1, 0.15) is 12.2 Å². The Hall–Kier alpha value is -1.54. The normalized spacial score (nSPS) is 39.6. The number of benzene rings is 2. The second kappa shape index (κ2) is 10.4. The van der Waals surface area contributed by atoms with Crippen molar-refractivity contribution >= 4 is 10.8 Å². The summed E-state index contributed by atoms with van der Waals surface area (Å²) in [4.78, 5) is 0. The Bertz CT molecular complexity index is 916. The Morgan fingerprint density at radius 3 is 2.30 bits per heavy atom. The number of hydrogen-bond acceptors (Lipinski definition) is 6. The van der Waals surface area contributed by atoms with E-state index < -0.39 is 42.7 Å². The average Bonchev–Trinajstić information content (AvgIpc) is 2.81. The van der Waals surface area contributed by atoms with Gasteiger partial charge in [-0.2, -0.15) is 0 Å². The van der Waals surface area contributed by atoms with Crippen molar-refractivity contribution in [2.75, 3.05) is 0 Å². The van der Waals surface area contributed by atoms with Crippen LogP contribution in [0.4, 0.5) is 0 Å². The fourth-order valence-electron chi connectivity index (χ4n) is 5.43. The Morgan fingerprint density at radius 2 is 1.58 bits per heavy atom. The monoisotopic (exact) mass is 458 g/mol. The Morgan fingerprint density at radius 1 is 0.879 bits per heavy atom. The second-order valence-electron chi connectivity index (χ2n) is 10.0. The summed E-state index contributed by atoms with van der Waals surface area (Å²) in [5, 5.41) is 34.3. The van der Waals surface area contributed by atoms with E-state index in [1.54, 1.807) is 6.92 Å². The highest BCUT2D eigenvalue weighted by Crippen LogP contribution is 2.37. The molecule has 2 aliphatic rings. The lowest BCUT2D eigenvalue weighted by molar-refractivity contribution is -0.311. The molecule has 6 heteroatoms. The topological polar surface area (TPSA) is 88.4 Å². The van der Waals surface area contributed by atoms with Crippen molar-refractivity contribution in [3.05, 3.63) is 48.0 Å². The summed E-state index contributed by atoms with van der Waals surface area (Å²) in [7, 11) is 0. The Kier molecular flexibility index (Phi) is 7.73. The molecule has 1 saturated carbocycles. The molecule has 0 spiro atoms. The number of fused-ring (bicyclic) bond motifs is 1. The first-order valence-electron chi connectivity index (χ1n) is 12.2. The first kappa shape index (κ1) is 24.6. The zero-order chi connectivity index (χ0) is 23.7. The van der Waals surface area contributed by atoms with Crippen molar-refractivity contribution in [2.45, 2.75) is 90.1 Å². The lowest BCUT2D eigenvalue weighted by Gasteiger charge is -2.47. The van der Waals surface area contributed by atoms with Gasteiger partial charge in [0.15, 0.2) is 6.29 Å². The van der Waals surface area contributed by atoms with Crippen molar-refractivity contribution in [1.29, 1.82) is 0 Å². The molecule has 4 unspecified atom stereocenters. The van der Waals surface area contributed by atoms with Crippen LogP contribution in [0.25, 0.3) is 10.8 Å². The minimum atomic E-state index is -0.934. The van der Waals surface area contributed by atoms with Gasteiger partial charge in [0, 0.05) is 5.92 Å². The molecule has 3 N–H and O–H groups in total. The van der Waals surface area contributed by atoms with Gasteiger partial charge in [-0.1, -0.05) is 64.1 Å². The smallest absolute Gasteiger partial charge is 0.163 e. The predicted octanol–water partition coefficient (Wildman–Crippen LogP) is 3.64. The van der Waals surface area contributed by atoms with Gasteiger partial charge in [0.05, 0.1) is 31.0 Å². The molecule has 182 valence electrons. The molecule has 33 heavy (non-hydrogen) atoms. The number of ether oxygens (including phenoxy) is 3. The SMILES string of the molecule is CCC1O[C@H](O[C@@H]2C(C)C[C@@H](C)C(OCc3ccc4ccccc4c3)[C@H]2O)C(C)[C@@H](O)[C@@H]1O. The van der Waals surface area contributed by atoms with E-state index in [0.29, 0.717) is 13.0 Å². The highest BCUT2D eigenvalue weighted by Gasteiger charge is 2.47. The van der Waals surface area contributed by atoms with Crippen LogP contribution in [0, 0.1) is 17.8 Å². The van der Waals surface area contributed by atoms with Crippen LogP contribution in [0.15, 0.2) is 42.5 Å². The van der Waals surface area contributed by atoms with Gasteiger partial charge < -0.3 is 29.5 Å². The minimum absolute atomic E-state index is 0.107. The predicted molar refractivity (Wildman–Crippen MR) is 126 cm³/mol. The number of rotatable bonds is 6. The third-order valence-corrected chi connectivity index (χ3v) is 7.50. The molecule has 2 aromatic rings. The molecular formula is C27H38O6. The number of aliphatic hydroxyl groups is 3. The standard InChI is InChI=1S/C27H38O6/c1-5-21-23(29)22(28)17(4)27(32-21)33-26-16(3)12-15(2)25(24(26)30)31-14-18-10-11-19-8-6-7-9-20(19)13-18/h6-11,13,15-17,21-30H,5,12,14H2,1-4H3/t15-,16?,17?,21?,22-,23-,24-,25?,26-,27-/m1/s1. The van der Waals surface area contributed by atoms with Gasteiger partial charge in [-0.05, 0) is 47.1 Å². The van der Waals surface area contributed by atoms with E-state index in [2.05, 4.69) is 44.2 Å². The van der Waals surface area contributed by atoms with Crippen LogP contribution < -0.4 is 0 Å². The Balaban J connectivity index is 1.44. The lowest BCUT2D eigenvalue weighted by Crippen LogP contribution is -2.58. The number of aliphatic hydroxyl groups excluding tert-OH is 3. The molecule has 1 heterocycles. The highest BCUT2D eigenvalue weighted by molar-refractivity contribution is 5.82. The maximum Gasteiger partial charge on any atom is 0.163 e. The van der Waals surface area contributed by atoms with E-state index in [1.807, 2.05) is 19.1 Å². The summed E-state index contributed by atoms with van der Waals surface area (Å²) in [6.07, 6.45) is -3.27. The van der Waals surface area contributed by atoms with E-state index >= 15 is 0 Å². The molecule has 1 aliphatic carbocycles. The fraction of sp³-hybridized carbons (Fsp3) is 0.630. The molecule has 6 nitrogen and oxygen atoms in total. The molecule has 1 aliphatic heterocycles. The van der Waals surface area contributed by atoms with Crippen LogP contribution in [0.3, 0.4) is 0 Å². The van der Waals surface area contributed by atoms with E-state index in [9.17, 15) is 15.3 Å². The molecule has 1 saturated heterocycles. The summed E-state index contributed by atoms with van der Waals surface area (Å²) in [5.41, 5.74) is 1.07. The van der Waals surface area contributed by atoms with Crippen molar-refractivity contribution < 1.29 is 29.5 Å². The molecule has 0 amide bonds. The summed E-state index contributed by atoms with van der Waals surface area (Å²) in [6, 6.07) is 14.5. The first-order chi connectivity index (χ1) is 15.8. The summed E-state index contributed by atoms with van der Waals surface area (Å²) in [5.74, 6) is -0.121. The maximum atomic E-state index is 11.3. The molecule has 0 bridgehead atoms. The van der Waals surface area contributed by atoms with E-state index in [0.717, 1.165) is 12.0 Å². The molecule has 0 radical (unpaired) electrons. The molecule has 2 fully saturated rings. The molecule has 2 aromatic carbocycles. The van der Waals surface area contributed by atoms with Crippen molar-refractivity contribution in [3.63, 3.8) is 0 Å². The second-order valence-corrected chi connectivity index (χ2v) is 10.0. The zero-order valence-electron chi connectivity index (χ0n) is 20.0. The van der Waals surface area contributed by atoms with Crippen LogP contribution in [0.5, 0.6) is 0 Å². The summed E-state index contributed by atoms with van der Waals surface area (Å²) < 4.78 is 18.5. The molecular weight excluding hydrogens is 420 g/mol.